The fourth-order valence-electron chi connectivity index (χ4n) is 8.92. The van der Waals surface area contributed by atoms with Gasteiger partial charge in [-0.2, -0.15) is 0 Å². The highest BCUT2D eigenvalue weighted by Crippen LogP contribution is 2.61. The van der Waals surface area contributed by atoms with Crippen LogP contribution in [0.1, 0.15) is 104 Å². The van der Waals surface area contributed by atoms with Crippen molar-refractivity contribution in [2.24, 2.45) is 17.8 Å². The molecular weight excluding hydrogens is 825 g/mol. The Bertz CT molecular complexity index is 2400. The van der Waals surface area contributed by atoms with Crippen molar-refractivity contribution in [3.63, 3.8) is 0 Å². The quantitative estimate of drug-likeness (QED) is 0.0639. The minimum atomic E-state index is -3.22. The van der Waals surface area contributed by atoms with Crippen LogP contribution in [0.25, 0.3) is 0 Å². The largest absolute Gasteiger partial charge is 0.514 e. The molecule has 1 unspecified atom stereocenters. The molecule has 3 aliphatic rings. The van der Waals surface area contributed by atoms with Gasteiger partial charge < -0.3 is 32.6 Å². The van der Waals surface area contributed by atoms with Crippen LogP contribution in [-0.2, 0) is 36.6 Å². The predicted molar refractivity (Wildman–Crippen MR) is 232 cm³/mol. The monoisotopic (exact) mass is 880 g/mol. The van der Waals surface area contributed by atoms with Crippen LogP contribution in [0.3, 0.4) is 0 Å². The van der Waals surface area contributed by atoms with Gasteiger partial charge >= 0.3 is 12.3 Å². The topological polar surface area (TPSA) is 170 Å². The Morgan fingerprint density at radius 2 is 1.44 bits per heavy atom. The number of benzene rings is 3. The molecule has 1 heterocycles. The Labute approximate surface area is 368 Å². The standard InChI is InChI=1S/C48H56N2O12Si/c1-27-30-23-18-24-31(58-45(55)60-46(2,3)4)33(30)38(51)34-32(27)39(59-44(54)57-26-29-21-16-13-17-22-29)36-37(50(8)9)40-35(43(49-61-40)56-25-28-19-14-12-15-20-28)42(53)48(36,41(34)52)62-63(10,11)47(5,6)7/h12-24,27,32,34,36-37,39H,25-26H2,1-11H3/t27-,32+,34?,36+,37-,39-,48-/m0/s1. The lowest BCUT2D eigenvalue weighted by atomic mass is 9.50. The van der Waals surface area contributed by atoms with Gasteiger partial charge in [-0.3, -0.25) is 19.3 Å². The molecule has 334 valence electrons. The van der Waals surface area contributed by atoms with Gasteiger partial charge in [-0.25, -0.2) is 9.59 Å². The fraction of sp³-hybridized carbons (Fsp3) is 0.458. The lowest BCUT2D eigenvalue weighted by molar-refractivity contribution is -0.174. The van der Waals surface area contributed by atoms with Crippen LogP contribution in [0.15, 0.2) is 83.4 Å². The molecule has 0 spiro atoms. The first-order valence-electron chi connectivity index (χ1n) is 21.1. The second kappa shape index (κ2) is 16.8. The highest BCUT2D eigenvalue weighted by Gasteiger charge is 2.75. The molecule has 0 radical (unpaired) electrons. The van der Waals surface area contributed by atoms with Crippen molar-refractivity contribution >= 4 is 38.0 Å². The zero-order chi connectivity index (χ0) is 45.8. The van der Waals surface area contributed by atoms with E-state index >= 15 is 14.4 Å². The molecule has 63 heavy (non-hydrogen) atoms. The molecule has 1 aromatic heterocycles. The average molecular weight is 881 g/mol. The summed E-state index contributed by atoms with van der Waals surface area (Å²) in [7, 11) is 0.282. The first kappa shape index (κ1) is 45.4. The van der Waals surface area contributed by atoms with Gasteiger partial charge in [0, 0.05) is 5.92 Å². The predicted octanol–water partition coefficient (Wildman–Crippen LogP) is 9.28. The number of Topliss-reactive ketones (excluding diaryl/α,β-unsaturated/α-hetero) is 3. The third-order valence-electron chi connectivity index (χ3n) is 12.8. The molecule has 0 aliphatic heterocycles. The molecule has 3 aromatic carbocycles. The summed E-state index contributed by atoms with van der Waals surface area (Å²) < 4.78 is 42.8. The zero-order valence-corrected chi connectivity index (χ0v) is 38.7. The molecule has 7 atom stereocenters. The van der Waals surface area contributed by atoms with E-state index < -0.39 is 90.0 Å². The molecule has 14 nitrogen and oxygen atoms in total. The SMILES string of the molecule is C[C@H]1c2cccc(OC(=O)OC(C)(C)C)c2C(=O)C2C(=O)[C@]3(O[Si](C)(C)C(C)(C)C)C(=O)c4c(OCc5ccccc5)noc4[C@@H](N(C)C)[C@@H]3[C@@H](OC(=O)OCc3ccccc3)[C@@H]21. The van der Waals surface area contributed by atoms with E-state index in [0.29, 0.717) is 11.1 Å². The van der Waals surface area contributed by atoms with E-state index in [0.717, 1.165) is 5.56 Å². The first-order valence-corrected chi connectivity index (χ1v) is 24.1. The van der Waals surface area contributed by atoms with Gasteiger partial charge in [-0.1, -0.05) is 100 Å². The van der Waals surface area contributed by atoms with Crippen LogP contribution in [0, 0.1) is 17.8 Å². The number of rotatable bonds is 10. The lowest BCUT2D eigenvalue weighted by Gasteiger charge is -2.59. The Morgan fingerprint density at radius 1 is 0.825 bits per heavy atom. The number of carbonyl (C=O) groups is 5. The molecule has 0 N–H and O–H groups in total. The van der Waals surface area contributed by atoms with Gasteiger partial charge in [0.1, 0.15) is 36.2 Å². The van der Waals surface area contributed by atoms with Gasteiger partial charge in [0.25, 0.3) is 5.88 Å². The number of aromatic nitrogens is 1. The molecule has 1 fully saturated rings. The highest BCUT2D eigenvalue weighted by molar-refractivity contribution is 6.74. The summed E-state index contributed by atoms with van der Waals surface area (Å²) >= 11 is 0. The van der Waals surface area contributed by atoms with E-state index in [2.05, 4.69) is 5.16 Å². The summed E-state index contributed by atoms with van der Waals surface area (Å²) in [5.41, 5.74) is -1.58. The van der Waals surface area contributed by atoms with Crippen molar-refractivity contribution in [2.45, 2.75) is 109 Å². The zero-order valence-electron chi connectivity index (χ0n) is 37.7. The first-order chi connectivity index (χ1) is 29.6. The maximum absolute atomic E-state index is 16.2. The van der Waals surface area contributed by atoms with Crippen molar-refractivity contribution in [3.05, 3.63) is 112 Å². The molecule has 0 saturated heterocycles. The highest BCUT2D eigenvalue weighted by atomic mass is 28.4. The van der Waals surface area contributed by atoms with Crippen molar-refractivity contribution in [3.8, 4) is 11.6 Å². The summed E-state index contributed by atoms with van der Waals surface area (Å²) in [5, 5.41) is 3.69. The van der Waals surface area contributed by atoms with Gasteiger partial charge in [0.15, 0.2) is 31.2 Å². The minimum Gasteiger partial charge on any atom is -0.470 e. The molecule has 1 saturated carbocycles. The summed E-state index contributed by atoms with van der Waals surface area (Å²) in [6.45, 7) is 16.4. The Hall–Kier alpha value is -5.64. The molecule has 7 rings (SSSR count). The number of nitrogens with zero attached hydrogens (tertiary/aromatic N) is 2. The Kier molecular flexibility index (Phi) is 12.1. The van der Waals surface area contributed by atoms with E-state index in [9.17, 15) is 9.59 Å². The summed E-state index contributed by atoms with van der Waals surface area (Å²) in [4.78, 5) is 76.6. The summed E-state index contributed by atoms with van der Waals surface area (Å²) in [6.07, 6.45) is -3.51. The minimum absolute atomic E-state index is 0.0179. The van der Waals surface area contributed by atoms with Crippen molar-refractivity contribution in [1.29, 1.82) is 0 Å². The molecule has 0 amide bonds. The van der Waals surface area contributed by atoms with E-state index in [-0.39, 0.29) is 41.7 Å². The van der Waals surface area contributed by atoms with Crippen LogP contribution in [0.4, 0.5) is 9.59 Å². The maximum atomic E-state index is 16.2. The van der Waals surface area contributed by atoms with Gasteiger partial charge in [-0.15, -0.1) is 0 Å². The summed E-state index contributed by atoms with van der Waals surface area (Å²) in [6, 6.07) is 22.1. The van der Waals surface area contributed by atoms with Crippen LogP contribution >= 0.6 is 0 Å². The number of hydrogen-bond donors (Lipinski definition) is 0. The van der Waals surface area contributed by atoms with Crippen molar-refractivity contribution < 1.29 is 56.6 Å². The van der Waals surface area contributed by atoms with E-state index in [1.165, 1.54) is 6.07 Å². The maximum Gasteiger partial charge on any atom is 0.514 e. The number of ketones is 3. The molecule has 15 heteroatoms. The van der Waals surface area contributed by atoms with Crippen LogP contribution < -0.4 is 9.47 Å². The average Bonchev–Trinajstić information content (AvgIpc) is 3.63. The van der Waals surface area contributed by atoms with Crippen LogP contribution in [0.2, 0.25) is 18.1 Å². The smallest absolute Gasteiger partial charge is 0.470 e. The lowest BCUT2D eigenvalue weighted by Crippen LogP contribution is -2.75. The fourth-order valence-corrected chi connectivity index (χ4v) is 10.4. The van der Waals surface area contributed by atoms with Gasteiger partial charge in [0.2, 0.25) is 5.78 Å². The molecule has 0 bridgehead atoms. The number of carbonyl (C=O) groups excluding carboxylic acids is 5. The van der Waals surface area contributed by atoms with Gasteiger partial charge in [0.05, 0.1) is 23.4 Å². The normalized spacial score (nSPS) is 24.4. The third-order valence-corrected chi connectivity index (χ3v) is 17.2. The van der Waals surface area contributed by atoms with E-state index in [4.69, 9.17) is 32.6 Å². The number of fused-ring (bicyclic) bond motifs is 4. The number of hydrogen-bond acceptors (Lipinski definition) is 14. The van der Waals surface area contributed by atoms with Crippen LogP contribution in [0.5, 0.6) is 11.6 Å². The Morgan fingerprint density at radius 3 is 2.03 bits per heavy atom. The molecular formula is C48H56N2O12Si. The van der Waals surface area contributed by atoms with E-state index in [1.54, 1.807) is 64.0 Å². The second-order valence-corrected chi connectivity index (χ2v) is 24.1. The number of ether oxygens (including phenoxy) is 5. The third kappa shape index (κ3) is 8.33. The van der Waals surface area contributed by atoms with E-state index in [1.807, 2.05) is 89.3 Å². The van der Waals surface area contributed by atoms with Crippen LogP contribution in [-0.4, -0.2) is 79.4 Å². The van der Waals surface area contributed by atoms with Crippen molar-refractivity contribution in [2.75, 3.05) is 14.1 Å². The molecule has 4 aromatic rings. The van der Waals surface area contributed by atoms with Gasteiger partial charge in [-0.05, 0) is 86.8 Å². The Balaban J connectivity index is 1.45. The van der Waals surface area contributed by atoms with Crippen molar-refractivity contribution in [1.82, 2.24) is 10.1 Å². The summed E-state index contributed by atoms with van der Waals surface area (Å²) in [5.74, 6) is -7.25. The molecule has 3 aliphatic carbocycles. The second-order valence-electron chi connectivity index (χ2n) is 19.3.